The Hall–Kier alpha value is -1.06. The average Bonchev–Trinajstić information content (AvgIpc) is 2.98. The fourth-order valence-electron chi connectivity index (χ4n) is 1.49. The number of imide groups is 1. The van der Waals surface area contributed by atoms with Crippen LogP contribution in [0.5, 0.6) is 0 Å². The second kappa shape index (κ2) is 5.14. The second-order valence-electron chi connectivity index (χ2n) is 4.25. The van der Waals surface area contributed by atoms with Gasteiger partial charge in [-0.1, -0.05) is 6.92 Å². The second-order valence-corrected chi connectivity index (χ2v) is 4.25. The summed E-state index contributed by atoms with van der Waals surface area (Å²) in [6.07, 6.45) is 3.37. The molecule has 4 nitrogen and oxygen atoms in total. The summed E-state index contributed by atoms with van der Waals surface area (Å²) in [7, 11) is 1.54. The van der Waals surface area contributed by atoms with Crippen LogP contribution in [0.25, 0.3) is 0 Å². The van der Waals surface area contributed by atoms with E-state index < -0.39 is 0 Å². The zero-order valence-electron chi connectivity index (χ0n) is 9.82. The Morgan fingerprint density at radius 2 is 1.93 bits per heavy atom. The van der Waals surface area contributed by atoms with Crippen molar-refractivity contribution in [2.24, 2.45) is 5.92 Å². The lowest BCUT2D eigenvalue weighted by atomic mass is 10.3. The Bertz CT molecular complexity index is 249. The van der Waals surface area contributed by atoms with Gasteiger partial charge in [0.15, 0.2) is 0 Å². The number of hydrogen-bond acceptors (Lipinski definition) is 2. The number of amides is 3. The number of hydrogen-bond donors (Lipinski definition) is 0. The summed E-state index contributed by atoms with van der Waals surface area (Å²) in [5.41, 5.74) is 0. The molecule has 4 heteroatoms. The largest absolute Gasteiger partial charge is 0.326 e. The molecule has 1 saturated carbocycles. The van der Waals surface area contributed by atoms with Crippen LogP contribution in [0.4, 0.5) is 4.79 Å². The van der Waals surface area contributed by atoms with Crippen molar-refractivity contribution < 1.29 is 9.59 Å². The van der Waals surface area contributed by atoms with Crippen LogP contribution in [0, 0.1) is 5.92 Å². The normalized spacial score (nSPS) is 14.9. The third-order valence-electron chi connectivity index (χ3n) is 2.70. The summed E-state index contributed by atoms with van der Waals surface area (Å²) < 4.78 is 0. The number of nitrogens with zero attached hydrogens (tertiary/aromatic N) is 2. The summed E-state index contributed by atoms with van der Waals surface area (Å²) in [4.78, 5) is 25.9. The predicted molar refractivity (Wildman–Crippen MR) is 58.4 cm³/mol. The van der Waals surface area contributed by atoms with Crippen molar-refractivity contribution in [1.82, 2.24) is 9.80 Å². The summed E-state index contributed by atoms with van der Waals surface area (Å²) in [6, 6.07) is -0.156. The molecule has 1 aliphatic rings. The van der Waals surface area contributed by atoms with Crippen molar-refractivity contribution in [1.29, 1.82) is 0 Å². The average molecular weight is 212 g/mol. The summed E-state index contributed by atoms with van der Waals surface area (Å²) in [5, 5.41) is 0. The molecule has 0 heterocycles. The van der Waals surface area contributed by atoms with Crippen LogP contribution in [0.15, 0.2) is 0 Å². The van der Waals surface area contributed by atoms with Crippen molar-refractivity contribution in [3.63, 3.8) is 0 Å². The molecule has 0 aromatic carbocycles. The first-order valence-electron chi connectivity index (χ1n) is 5.59. The maximum Gasteiger partial charge on any atom is 0.326 e. The van der Waals surface area contributed by atoms with Crippen LogP contribution in [-0.2, 0) is 4.79 Å². The van der Waals surface area contributed by atoms with E-state index in [1.165, 1.54) is 24.7 Å². The maximum atomic E-state index is 11.9. The first-order valence-corrected chi connectivity index (χ1v) is 5.59. The number of carbonyl (C=O) groups excluding carboxylic acids is 2. The monoisotopic (exact) mass is 212 g/mol. The minimum absolute atomic E-state index is 0.156. The van der Waals surface area contributed by atoms with E-state index in [0.717, 1.165) is 19.5 Å². The first-order chi connectivity index (χ1) is 7.06. The Labute approximate surface area is 91.2 Å². The lowest BCUT2D eigenvalue weighted by molar-refractivity contribution is -0.125. The highest BCUT2D eigenvalue weighted by atomic mass is 16.2. The molecule has 0 radical (unpaired) electrons. The van der Waals surface area contributed by atoms with Crippen LogP contribution in [0.3, 0.4) is 0 Å². The van der Waals surface area contributed by atoms with E-state index in [1.54, 1.807) is 11.9 Å². The maximum absolute atomic E-state index is 11.9. The molecule has 0 saturated heterocycles. The van der Waals surface area contributed by atoms with Gasteiger partial charge in [0.1, 0.15) is 0 Å². The lowest BCUT2D eigenvalue weighted by Crippen LogP contribution is -2.44. The fourth-order valence-corrected chi connectivity index (χ4v) is 1.49. The van der Waals surface area contributed by atoms with Gasteiger partial charge in [0.2, 0.25) is 5.91 Å². The molecule has 0 aromatic heterocycles. The lowest BCUT2D eigenvalue weighted by Gasteiger charge is -2.26. The molecule has 0 bridgehead atoms. The topological polar surface area (TPSA) is 40.6 Å². The molecule has 0 atom stereocenters. The highest BCUT2D eigenvalue weighted by molar-refractivity contribution is 5.92. The molecule has 0 unspecified atom stereocenters. The molecule has 0 aromatic rings. The molecular weight excluding hydrogens is 192 g/mol. The molecule has 86 valence electrons. The Balaban J connectivity index is 2.52. The molecular formula is C11H20N2O2. The SMILES string of the molecule is CCCN(CC1CC1)C(=O)N(C)C(C)=O. The van der Waals surface area contributed by atoms with E-state index in [2.05, 4.69) is 0 Å². The molecule has 0 spiro atoms. The van der Waals surface area contributed by atoms with E-state index in [-0.39, 0.29) is 11.9 Å². The smallest absolute Gasteiger partial charge is 0.324 e. The molecule has 1 fully saturated rings. The van der Waals surface area contributed by atoms with Crippen LogP contribution in [-0.4, -0.2) is 41.9 Å². The van der Waals surface area contributed by atoms with Gasteiger partial charge in [-0.2, -0.15) is 0 Å². The third-order valence-corrected chi connectivity index (χ3v) is 2.70. The van der Waals surface area contributed by atoms with Gasteiger partial charge in [-0.05, 0) is 25.2 Å². The minimum Gasteiger partial charge on any atom is -0.324 e. The molecule has 15 heavy (non-hydrogen) atoms. The zero-order valence-corrected chi connectivity index (χ0v) is 9.82. The minimum atomic E-state index is -0.197. The molecule has 1 aliphatic carbocycles. The van der Waals surface area contributed by atoms with Crippen molar-refractivity contribution >= 4 is 11.9 Å². The van der Waals surface area contributed by atoms with Gasteiger partial charge in [-0.3, -0.25) is 9.69 Å². The predicted octanol–water partition coefficient (Wildman–Crippen LogP) is 1.71. The standard InChI is InChI=1S/C11H20N2O2/c1-4-7-13(8-10-5-6-10)11(15)12(3)9(2)14/h10H,4-8H2,1-3H3. The van der Waals surface area contributed by atoms with Crippen molar-refractivity contribution in [3.8, 4) is 0 Å². The first kappa shape index (κ1) is 12.0. The van der Waals surface area contributed by atoms with E-state index in [9.17, 15) is 9.59 Å². The van der Waals surface area contributed by atoms with Gasteiger partial charge in [0, 0.05) is 27.1 Å². The van der Waals surface area contributed by atoms with Crippen LogP contribution >= 0.6 is 0 Å². The van der Waals surface area contributed by atoms with Crippen molar-refractivity contribution in [3.05, 3.63) is 0 Å². The van der Waals surface area contributed by atoms with Crippen LogP contribution in [0.1, 0.15) is 33.1 Å². The summed E-state index contributed by atoms with van der Waals surface area (Å²) in [6.45, 7) is 5.01. The molecule has 3 amide bonds. The highest BCUT2D eigenvalue weighted by Crippen LogP contribution is 2.29. The fraction of sp³-hybridized carbons (Fsp3) is 0.818. The highest BCUT2D eigenvalue weighted by Gasteiger charge is 2.28. The number of carbonyl (C=O) groups is 2. The van der Waals surface area contributed by atoms with E-state index in [1.807, 2.05) is 6.92 Å². The van der Waals surface area contributed by atoms with Gasteiger partial charge < -0.3 is 4.90 Å². The number of rotatable bonds is 4. The van der Waals surface area contributed by atoms with E-state index in [4.69, 9.17) is 0 Å². The zero-order chi connectivity index (χ0) is 11.4. The number of urea groups is 1. The van der Waals surface area contributed by atoms with E-state index in [0.29, 0.717) is 5.92 Å². The van der Waals surface area contributed by atoms with Crippen molar-refractivity contribution in [2.75, 3.05) is 20.1 Å². The molecule has 0 aliphatic heterocycles. The third kappa shape index (κ3) is 3.53. The Morgan fingerprint density at radius 3 is 2.33 bits per heavy atom. The van der Waals surface area contributed by atoms with Crippen LogP contribution in [0.2, 0.25) is 0 Å². The van der Waals surface area contributed by atoms with Crippen molar-refractivity contribution in [2.45, 2.75) is 33.1 Å². The van der Waals surface area contributed by atoms with Gasteiger partial charge in [0.25, 0.3) is 0 Å². The van der Waals surface area contributed by atoms with Gasteiger partial charge >= 0.3 is 6.03 Å². The van der Waals surface area contributed by atoms with Gasteiger partial charge in [0.05, 0.1) is 0 Å². The Morgan fingerprint density at radius 1 is 1.33 bits per heavy atom. The molecule has 1 rings (SSSR count). The van der Waals surface area contributed by atoms with Crippen LogP contribution < -0.4 is 0 Å². The summed E-state index contributed by atoms with van der Waals surface area (Å²) >= 11 is 0. The molecule has 0 N–H and O–H groups in total. The van der Waals surface area contributed by atoms with Gasteiger partial charge in [-0.15, -0.1) is 0 Å². The quantitative estimate of drug-likeness (QED) is 0.711. The summed E-state index contributed by atoms with van der Waals surface area (Å²) in [5.74, 6) is 0.470. The van der Waals surface area contributed by atoms with Gasteiger partial charge in [-0.25, -0.2) is 4.79 Å². The Kier molecular flexibility index (Phi) is 4.12. The van der Waals surface area contributed by atoms with E-state index >= 15 is 0 Å².